The SMILES string of the molecule is Clc1oc2ccccc2c1CNCCC1=CCCC1. The molecule has 0 saturated heterocycles. The van der Waals surface area contributed by atoms with E-state index in [-0.39, 0.29) is 0 Å². The lowest BCUT2D eigenvalue weighted by Gasteiger charge is -2.04. The highest BCUT2D eigenvalue weighted by atomic mass is 35.5. The molecule has 19 heavy (non-hydrogen) atoms. The lowest BCUT2D eigenvalue weighted by molar-refractivity contribution is 0.603. The third-order valence-corrected chi connectivity index (χ3v) is 4.01. The zero-order chi connectivity index (χ0) is 13.1. The standard InChI is InChI=1S/C16H18ClNO/c17-16-14(13-7-3-4-8-15(13)19-16)11-18-10-9-12-5-1-2-6-12/h3-5,7-8,18H,1-2,6,9-11H2. The molecule has 0 fully saturated rings. The van der Waals surface area contributed by atoms with Crippen molar-refractivity contribution in [1.82, 2.24) is 5.32 Å². The Hall–Kier alpha value is -1.25. The Morgan fingerprint density at radius 2 is 2.16 bits per heavy atom. The Morgan fingerprint density at radius 3 is 3.00 bits per heavy atom. The van der Waals surface area contributed by atoms with Gasteiger partial charge in [0.15, 0.2) is 5.22 Å². The van der Waals surface area contributed by atoms with Gasteiger partial charge in [-0.15, -0.1) is 0 Å². The second-order valence-electron chi connectivity index (χ2n) is 5.03. The molecule has 0 spiro atoms. The summed E-state index contributed by atoms with van der Waals surface area (Å²) in [6.07, 6.45) is 7.38. The Balaban J connectivity index is 1.60. The highest BCUT2D eigenvalue weighted by molar-refractivity contribution is 6.30. The highest BCUT2D eigenvalue weighted by Crippen LogP contribution is 2.29. The van der Waals surface area contributed by atoms with Crippen LogP contribution >= 0.6 is 11.6 Å². The van der Waals surface area contributed by atoms with Gasteiger partial charge in [0, 0.05) is 17.5 Å². The Bertz CT molecular complexity index is 600. The van der Waals surface area contributed by atoms with Gasteiger partial charge in [-0.25, -0.2) is 0 Å². The number of allylic oxidation sites excluding steroid dienone is 1. The first-order valence-corrected chi connectivity index (χ1v) is 7.27. The van der Waals surface area contributed by atoms with E-state index in [1.165, 1.54) is 19.3 Å². The average Bonchev–Trinajstić information content (AvgIpc) is 3.02. The number of rotatable bonds is 5. The molecule has 1 aromatic heterocycles. The van der Waals surface area contributed by atoms with Gasteiger partial charge in [-0.3, -0.25) is 0 Å². The predicted molar refractivity (Wildman–Crippen MR) is 79.5 cm³/mol. The van der Waals surface area contributed by atoms with Crippen LogP contribution in [0.4, 0.5) is 0 Å². The van der Waals surface area contributed by atoms with Crippen LogP contribution in [0, 0.1) is 0 Å². The Labute approximate surface area is 118 Å². The normalized spacial score (nSPS) is 15.1. The van der Waals surface area contributed by atoms with Gasteiger partial charge in [-0.2, -0.15) is 0 Å². The van der Waals surface area contributed by atoms with E-state index in [1.54, 1.807) is 5.57 Å². The molecule has 1 aliphatic rings. The molecule has 0 unspecified atom stereocenters. The summed E-state index contributed by atoms with van der Waals surface area (Å²) in [5, 5.41) is 5.08. The van der Waals surface area contributed by atoms with E-state index in [1.807, 2.05) is 18.2 Å². The molecule has 0 amide bonds. The smallest absolute Gasteiger partial charge is 0.199 e. The van der Waals surface area contributed by atoms with Crippen molar-refractivity contribution in [2.24, 2.45) is 0 Å². The van der Waals surface area contributed by atoms with Gasteiger partial charge in [0.25, 0.3) is 0 Å². The quantitative estimate of drug-likeness (QED) is 0.633. The fourth-order valence-electron chi connectivity index (χ4n) is 2.66. The molecule has 0 atom stereocenters. The number of hydrogen-bond acceptors (Lipinski definition) is 2. The van der Waals surface area contributed by atoms with Crippen molar-refractivity contribution >= 4 is 22.6 Å². The summed E-state index contributed by atoms with van der Waals surface area (Å²) < 4.78 is 5.54. The molecule has 0 saturated carbocycles. The molecule has 1 heterocycles. The van der Waals surface area contributed by atoms with E-state index in [0.29, 0.717) is 5.22 Å². The fraction of sp³-hybridized carbons (Fsp3) is 0.375. The van der Waals surface area contributed by atoms with Gasteiger partial charge >= 0.3 is 0 Å². The van der Waals surface area contributed by atoms with Gasteiger partial charge < -0.3 is 9.73 Å². The summed E-state index contributed by atoms with van der Waals surface area (Å²) in [6.45, 7) is 1.77. The molecule has 1 N–H and O–H groups in total. The van der Waals surface area contributed by atoms with Gasteiger partial charge in [0.05, 0.1) is 0 Å². The molecule has 0 aliphatic heterocycles. The number of nitrogens with one attached hydrogen (secondary N) is 1. The summed E-state index contributed by atoms with van der Waals surface area (Å²) in [7, 11) is 0. The number of halogens is 1. The molecule has 2 nitrogen and oxygen atoms in total. The predicted octanol–water partition coefficient (Wildman–Crippen LogP) is 4.68. The van der Waals surface area contributed by atoms with Crippen LogP contribution in [0.25, 0.3) is 11.0 Å². The van der Waals surface area contributed by atoms with E-state index in [0.717, 1.165) is 36.0 Å². The van der Waals surface area contributed by atoms with Crippen LogP contribution in [0.1, 0.15) is 31.2 Å². The first-order valence-electron chi connectivity index (χ1n) is 6.89. The van der Waals surface area contributed by atoms with Crippen molar-refractivity contribution in [1.29, 1.82) is 0 Å². The fourth-order valence-corrected chi connectivity index (χ4v) is 2.91. The maximum absolute atomic E-state index is 6.16. The lowest BCUT2D eigenvalue weighted by atomic mass is 10.1. The van der Waals surface area contributed by atoms with Crippen LogP contribution in [0.2, 0.25) is 5.22 Å². The van der Waals surface area contributed by atoms with Crippen LogP contribution in [0.5, 0.6) is 0 Å². The summed E-state index contributed by atoms with van der Waals surface area (Å²) >= 11 is 6.16. The highest BCUT2D eigenvalue weighted by Gasteiger charge is 2.11. The number of furan rings is 1. The van der Waals surface area contributed by atoms with E-state index in [9.17, 15) is 0 Å². The van der Waals surface area contributed by atoms with E-state index in [4.69, 9.17) is 16.0 Å². The minimum Gasteiger partial charge on any atom is -0.444 e. The van der Waals surface area contributed by atoms with Crippen molar-refractivity contribution in [2.45, 2.75) is 32.2 Å². The Kier molecular flexibility index (Phi) is 3.90. The minimum atomic E-state index is 0.508. The van der Waals surface area contributed by atoms with Crippen LogP contribution in [-0.2, 0) is 6.54 Å². The van der Waals surface area contributed by atoms with Crippen molar-refractivity contribution in [3.05, 3.63) is 46.7 Å². The van der Waals surface area contributed by atoms with E-state index in [2.05, 4.69) is 17.5 Å². The molecule has 3 rings (SSSR count). The number of benzene rings is 1. The third kappa shape index (κ3) is 2.85. The van der Waals surface area contributed by atoms with Gasteiger partial charge in [-0.1, -0.05) is 29.8 Å². The summed E-state index contributed by atoms with van der Waals surface area (Å²) in [6, 6.07) is 7.99. The van der Waals surface area contributed by atoms with Crippen molar-refractivity contribution < 1.29 is 4.42 Å². The molecule has 1 aliphatic carbocycles. The largest absolute Gasteiger partial charge is 0.444 e. The third-order valence-electron chi connectivity index (χ3n) is 3.71. The van der Waals surface area contributed by atoms with Gasteiger partial charge in [0.1, 0.15) is 5.58 Å². The van der Waals surface area contributed by atoms with Gasteiger partial charge in [-0.05, 0) is 49.9 Å². The first-order chi connectivity index (χ1) is 9.34. The van der Waals surface area contributed by atoms with Crippen molar-refractivity contribution in [2.75, 3.05) is 6.54 Å². The minimum absolute atomic E-state index is 0.508. The zero-order valence-corrected chi connectivity index (χ0v) is 11.7. The number of hydrogen-bond donors (Lipinski definition) is 1. The maximum atomic E-state index is 6.16. The van der Waals surface area contributed by atoms with Crippen LogP contribution in [0.15, 0.2) is 40.3 Å². The van der Waals surface area contributed by atoms with Crippen LogP contribution in [-0.4, -0.2) is 6.54 Å². The number of para-hydroxylation sites is 1. The molecular weight excluding hydrogens is 258 g/mol. The molecule has 1 aromatic carbocycles. The first kappa shape index (κ1) is 12.8. The molecule has 3 heteroatoms. The van der Waals surface area contributed by atoms with Crippen molar-refractivity contribution in [3.63, 3.8) is 0 Å². The summed E-state index contributed by atoms with van der Waals surface area (Å²) in [5.41, 5.74) is 3.52. The second kappa shape index (κ2) is 5.81. The molecule has 0 bridgehead atoms. The van der Waals surface area contributed by atoms with Crippen LogP contribution < -0.4 is 5.32 Å². The molecule has 0 radical (unpaired) electrons. The van der Waals surface area contributed by atoms with Crippen molar-refractivity contribution in [3.8, 4) is 0 Å². The number of fused-ring (bicyclic) bond motifs is 1. The van der Waals surface area contributed by atoms with E-state index >= 15 is 0 Å². The lowest BCUT2D eigenvalue weighted by Crippen LogP contribution is -2.15. The molecule has 100 valence electrons. The van der Waals surface area contributed by atoms with Gasteiger partial charge in [0.2, 0.25) is 0 Å². The molecular formula is C16H18ClNO. The average molecular weight is 276 g/mol. The Morgan fingerprint density at radius 1 is 1.26 bits per heavy atom. The van der Waals surface area contributed by atoms with E-state index < -0.39 is 0 Å². The zero-order valence-electron chi connectivity index (χ0n) is 10.9. The molecule has 2 aromatic rings. The maximum Gasteiger partial charge on any atom is 0.199 e. The summed E-state index contributed by atoms with van der Waals surface area (Å²) in [5.74, 6) is 0. The van der Waals surface area contributed by atoms with Crippen LogP contribution in [0.3, 0.4) is 0 Å². The second-order valence-corrected chi connectivity index (χ2v) is 5.38. The topological polar surface area (TPSA) is 25.2 Å². The summed E-state index contributed by atoms with van der Waals surface area (Å²) in [4.78, 5) is 0. The monoisotopic (exact) mass is 275 g/mol.